The summed E-state index contributed by atoms with van der Waals surface area (Å²) in [6.07, 6.45) is 1.88. The lowest BCUT2D eigenvalue weighted by Crippen LogP contribution is -2.49. The zero-order valence-electron chi connectivity index (χ0n) is 11.9. The first-order chi connectivity index (χ1) is 9.74. The molecule has 0 bridgehead atoms. The molecule has 20 heavy (non-hydrogen) atoms. The SMILES string of the molecule is CC(C(=O)NCCc1ccc2c(c1)CCO2)C1CNC1. The molecule has 1 amide bonds. The third-order valence-electron chi connectivity index (χ3n) is 4.40. The van der Waals surface area contributed by atoms with E-state index in [1.54, 1.807) is 0 Å². The fraction of sp³-hybridized carbons (Fsp3) is 0.562. The molecule has 1 fully saturated rings. The fourth-order valence-corrected chi connectivity index (χ4v) is 2.77. The summed E-state index contributed by atoms with van der Waals surface area (Å²) in [4.78, 5) is 12.0. The van der Waals surface area contributed by atoms with Crippen molar-refractivity contribution in [1.29, 1.82) is 0 Å². The topological polar surface area (TPSA) is 50.4 Å². The highest BCUT2D eigenvalue weighted by molar-refractivity contribution is 5.78. The summed E-state index contributed by atoms with van der Waals surface area (Å²) in [5.74, 6) is 1.82. The molecule has 0 saturated carbocycles. The van der Waals surface area contributed by atoms with E-state index in [4.69, 9.17) is 4.74 Å². The van der Waals surface area contributed by atoms with Crippen molar-refractivity contribution in [3.8, 4) is 5.75 Å². The van der Waals surface area contributed by atoms with Crippen molar-refractivity contribution < 1.29 is 9.53 Å². The Kier molecular flexibility index (Phi) is 3.92. The van der Waals surface area contributed by atoms with Crippen LogP contribution in [-0.2, 0) is 17.6 Å². The summed E-state index contributed by atoms with van der Waals surface area (Å²) in [5, 5.41) is 6.26. The summed E-state index contributed by atoms with van der Waals surface area (Å²) in [5.41, 5.74) is 2.57. The number of rotatable bonds is 5. The Labute approximate surface area is 119 Å². The van der Waals surface area contributed by atoms with Gasteiger partial charge in [0, 0.05) is 18.9 Å². The van der Waals surface area contributed by atoms with Crippen LogP contribution in [0.3, 0.4) is 0 Å². The molecule has 4 heteroatoms. The number of benzene rings is 1. The van der Waals surface area contributed by atoms with Gasteiger partial charge < -0.3 is 15.4 Å². The van der Waals surface area contributed by atoms with Crippen LogP contribution < -0.4 is 15.4 Å². The molecular formula is C16H22N2O2. The van der Waals surface area contributed by atoms with E-state index >= 15 is 0 Å². The molecule has 1 aromatic rings. The van der Waals surface area contributed by atoms with Gasteiger partial charge in [-0.1, -0.05) is 19.1 Å². The predicted octanol–water partition coefficient (Wildman–Crippen LogP) is 1.14. The third kappa shape index (κ3) is 2.80. The van der Waals surface area contributed by atoms with Gasteiger partial charge in [0.15, 0.2) is 0 Å². The molecule has 2 aliphatic rings. The number of fused-ring (bicyclic) bond motifs is 1. The maximum absolute atomic E-state index is 12.0. The summed E-state index contributed by atoms with van der Waals surface area (Å²) in [6.45, 7) is 5.47. The zero-order chi connectivity index (χ0) is 13.9. The van der Waals surface area contributed by atoms with Gasteiger partial charge in [0.1, 0.15) is 5.75 Å². The maximum atomic E-state index is 12.0. The van der Waals surface area contributed by atoms with Crippen LogP contribution >= 0.6 is 0 Å². The van der Waals surface area contributed by atoms with Gasteiger partial charge in [-0.3, -0.25) is 4.79 Å². The van der Waals surface area contributed by atoms with Crippen LogP contribution in [0.1, 0.15) is 18.1 Å². The van der Waals surface area contributed by atoms with Crippen LogP contribution in [0.2, 0.25) is 0 Å². The minimum absolute atomic E-state index is 0.115. The number of ether oxygens (including phenoxy) is 1. The van der Waals surface area contributed by atoms with Gasteiger partial charge in [0.2, 0.25) is 5.91 Å². The van der Waals surface area contributed by atoms with Crippen molar-refractivity contribution in [2.45, 2.75) is 19.8 Å². The quantitative estimate of drug-likeness (QED) is 0.846. The van der Waals surface area contributed by atoms with Crippen molar-refractivity contribution >= 4 is 5.91 Å². The summed E-state index contributed by atoms with van der Waals surface area (Å²) in [7, 11) is 0. The standard InChI is InChI=1S/C16H22N2O2/c1-11(14-9-17-10-14)16(19)18-6-4-12-2-3-15-13(8-12)5-7-20-15/h2-3,8,11,14,17H,4-7,9-10H2,1H3,(H,18,19). The molecule has 0 aliphatic carbocycles. The summed E-state index contributed by atoms with van der Waals surface area (Å²) in [6, 6.07) is 6.34. The van der Waals surface area contributed by atoms with Crippen LogP contribution in [0.15, 0.2) is 18.2 Å². The molecule has 3 rings (SSSR count). The fourth-order valence-electron chi connectivity index (χ4n) is 2.77. The smallest absolute Gasteiger partial charge is 0.223 e. The molecule has 1 unspecified atom stereocenters. The molecule has 2 aliphatic heterocycles. The highest BCUT2D eigenvalue weighted by Gasteiger charge is 2.28. The predicted molar refractivity (Wildman–Crippen MR) is 77.9 cm³/mol. The van der Waals surface area contributed by atoms with Gasteiger partial charge in [0.05, 0.1) is 6.61 Å². The first-order valence-corrected chi connectivity index (χ1v) is 7.47. The Bertz CT molecular complexity index is 497. The van der Waals surface area contributed by atoms with Crippen molar-refractivity contribution in [3.05, 3.63) is 29.3 Å². The molecule has 0 spiro atoms. The Morgan fingerprint density at radius 1 is 1.50 bits per heavy atom. The molecule has 2 heterocycles. The minimum Gasteiger partial charge on any atom is -0.493 e. The third-order valence-corrected chi connectivity index (χ3v) is 4.40. The Morgan fingerprint density at radius 2 is 2.35 bits per heavy atom. The molecular weight excluding hydrogens is 252 g/mol. The first kappa shape index (κ1) is 13.4. The van der Waals surface area contributed by atoms with E-state index in [1.165, 1.54) is 11.1 Å². The minimum atomic E-state index is 0.115. The van der Waals surface area contributed by atoms with Crippen LogP contribution in [0.5, 0.6) is 5.75 Å². The lowest BCUT2D eigenvalue weighted by Gasteiger charge is -2.31. The second-order valence-electron chi connectivity index (χ2n) is 5.79. The molecule has 2 N–H and O–H groups in total. The van der Waals surface area contributed by atoms with Gasteiger partial charge in [0.25, 0.3) is 0 Å². The maximum Gasteiger partial charge on any atom is 0.223 e. The van der Waals surface area contributed by atoms with Crippen molar-refractivity contribution in [2.24, 2.45) is 11.8 Å². The van der Waals surface area contributed by atoms with Gasteiger partial charge in [-0.2, -0.15) is 0 Å². The van der Waals surface area contributed by atoms with Crippen LogP contribution in [-0.4, -0.2) is 32.1 Å². The van der Waals surface area contributed by atoms with Crippen molar-refractivity contribution in [2.75, 3.05) is 26.2 Å². The van der Waals surface area contributed by atoms with Crippen LogP contribution in [0, 0.1) is 11.8 Å². The second kappa shape index (κ2) is 5.83. The van der Waals surface area contributed by atoms with Crippen LogP contribution in [0.4, 0.5) is 0 Å². The van der Waals surface area contributed by atoms with E-state index in [0.29, 0.717) is 12.5 Å². The number of amides is 1. The first-order valence-electron chi connectivity index (χ1n) is 7.47. The van der Waals surface area contributed by atoms with Gasteiger partial charge in [-0.15, -0.1) is 0 Å². The number of carbonyl (C=O) groups excluding carboxylic acids is 1. The van der Waals surface area contributed by atoms with E-state index in [2.05, 4.69) is 22.8 Å². The van der Waals surface area contributed by atoms with E-state index in [0.717, 1.165) is 38.3 Å². The van der Waals surface area contributed by atoms with Gasteiger partial charge in [-0.25, -0.2) is 0 Å². The lowest BCUT2D eigenvalue weighted by atomic mass is 9.88. The number of hydrogen-bond donors (Lipinski definition) is 2. The largest absolute Gasteiger partial charge is 0.493 e. The summed E-state index contributed by atoms with van der Waals surface area (Å²) >= 11 is 0. The summed E-state index contributed by atoms with van der Waals surface area (Å²) < 4.78 is 5.50. The Hall–Kier alpha value is -1.55. The number of nitrogens with one attached hydrogen (secondary N) is 2. The molecule has 0 radical (unpaired) electrons. The van der Waals surface area contributed by atoms with Crippen molar-refractivity contribution in [3.63, 3.8) is 0 Å². The van der Waals surface area contributed by atoms with E-state index in [9.17, 15) is 4.79 Å². The number of hydrogen-bond acceptors (Lipinski definition) is 3. The van der Waals surface area contributed by atoms with Gasteiger partial charge in [-0.05, 0) is 42.6 Å². The number of carbonyl (C=O) groups is 1. The molecule has 0 aromatic heterocycles. The molecule has 1 aromatic carbocycles. The molecule has 4 nitrogen and oxygen atoms in total. The second-order valence-corrected chi connectivity index (χ2v) is 5.79. The Morgan fingerprint density at radius 3 is 3.10 bits per heavy atom. The lowest BCUT2D eigenvalue weighted by molar-refractivity contribution is -0.126. The molecule has 1 saturated heterocycles. The van der Waals surface area contributed by atoms with E-state index in [-0.39, 0.29) is 11.8 Å². The monoisotopic (exact) mass is 274 g/mol. The zero-order valence-corrected chi connectivity index (χ0v) is 11.9. The average molecular weight is 274 g/mol. The highest BCUT2D eigenvalue weighted by Crippen LogP contribution is 2.25. The van der Waals surface area contributed by atoms with E-state index in [1.807, 2.05) is 13.0 Å². The van der Waals surface area contributed by atoms with Crippen molar-refractivity contribution in [1.82, 2.24) is 10.6 Å². The van der Waals surface area contributed by atoms with E-state index < -0.39 is 0 Å². The normalized spacial score (nSPS) is 18.9. The van der Waals surface area contributed by atoms with Crippen LogP contribution in [0.25, 0.3) is 0 Å². The Balaban J connectivity index is 1.46. The highest BCUT2D eigenvalue weighted by atomic mass is 16.5. The average Bonchev–Trinajstić information content (AvgIpc) is 2.83. The molecule has 108 valence electrons. The van der Waals surface area contributed by atoms with Gasteiger partial charge >= 0.3 is 0 Å². The molecule has 1 atom stereocenters.